The van der Waals surface area contributed by atoms with Crippen LogP contribution in [0.2, 0.25) is 0 Å². The summed E-state index contributed by atoms with van der Waals surface area (Å²) in [6.45, 7) is 8.21. The maximum Gasteiger partial charge on any atom is 0.253 e. The van der Waals surface area contributed by atoms with Gasteiger partial charge < -0.3 is 20.3 Å². The van der Waals surface area contributed by atoms with E-state index in [2.05, 4.69) is 29.4 Å². The molecule has 0 bridgehead atoms. The molecule has 1 heterocycles. The molecule has 1 fully saturated rings. The van der Waals surface area contributed by atoms with Crippen LogP contribution >= 0.6 is 0 Å². The number of carbonyl (C=O) groups is 2. The Morgan fingerprint density at radius 2 is 2.08 bits per heavy atom. The summed E-state index contributed by atoms with van der Waals surface area (Å²) in [5, 5.41) is 5.74. The van der Waals surface area contributed by atoms with Crippen LogP contribution < -0.4 is 10.6 Å². The molecule has 2 amide bonds. The first-order chi connectivity index (χ1) is 11.6. The first-order valence-corrected chi connectivity index (χ1v) is 8.67. The van der Waals surface area contributed by atoms with Crippen molar-refractivity contribution >= 4 is 17.5 Å². The van der Waals surface area contributed by atoms with E-state index >= 15 is 0 Å². The van der Waals surface area contributed by atoms with Crippen LogP contribution in [0.1, 0.15) is 37.0 Å². The Balaban J connectivity index is 1.86. The molecular formula is C18H27N3O3. The summed E-state index contributed by atoms with van der Waals surface area (Å²) in [4.78, 5) is 26.5. The SMILES string of the molecule is CCN(CC)CCNC(=O)c1cccc(NC(=O)C2CCCO2)c1. The lowest BCUT2D eigenvalue weighted by Gasteiger charge is -2.18. The molecule has 0 saturated carbocycles. The smallest absolute Gasteiger partial charge is 0.253 e. The Labute approximate surface area is 143 Å². The number of hydrogen-bond donors (Lipinski definition) is 2. The Bertz CT molecular complexity index is 552. The van der Waals surface area contributed by atoms with Crippen molar-refractivity contribution in [2.24, 2.45) is 0 Å². The second-order valence-electron chi connectivity index (χ2n) is 5.85. The molecule has 6 nitrogen and oxygen atoms in total. The molecule has 1 aliphatic heterocycles. The highest BCUT2D eigenvalue weighted by Gasteiger charge is 2.23. The lowest BCUT2D eigenvalue weighted by atomic mass is 10.1. The molecule has 6 heteroatoms. The zero-order chi connectivity index (χ0) is 17.4. The molecule has 1 saturated heterocycles. The standard InChI is InChI=1S/C18H27N3O3/c1-3-21(4-2)11-10-19-17(22)14-7-5-8-15(13-14)20-18(23)16-9-6-12-24-16/h5,7-8,13,16H,3-4,6,9-12H2,1-2H3,(H,19,22)(H,20,23). The van der Waals surface area contributed by atoms with Crippen LogP contribution in [0.15, 0.2) is 24.3 Å². The van der Waals surface area contributed by atoms with Gasteiger partial charge in [0.25, 0.3) is 11.8 Å². The van der Waals surface area contributed by atoms with E-state index < -0.39 is 0 Å². The summed E-state index contributed by atoms with van der Waals surface area (Å²) >= 11 is 0. The van der Waals surface area contributed by atoms with Crippen molar-refractivity contribution in [2.45, 2.75) is 32.8 Å². The first kappa shape index (κ1) is 18.4. The molecule has 0 aromatic heterocycles. The van der Waals surface area contributed by atoms with Crippen LogP contribution in [0.25, 0.3) is 0 Å². The van der Waals surface area contributed by atoms with Gasteiger partial charge in [0.1, 0.15) is 6.10 Å². The number of hydrogen-bond acceptors (Lipinski definition) is 4. The maximum absolute atomic E-state index is 12.2. The molecule has 24 heavy (non-hydrogen) atoms. The van der Waals surface area contributed by atoms with Gasteiger partial charge in [-0.3, -0.25) is 9.59 Å². The molecule has 0 radical (unpaired) electrons. The number of amides is 2. The van der Waals surface area contributed by atoms with Gasteiger partial charge in [0, 0.05) is 30.9 Å². The second kappa shape index (κ2) is 9.39. The zero-order valence-corrected chi connectivity index (χ0v) is 14.5. The summed E-state index contributed by atoms with van der Waals surface area (Å²) in [6.07, 6.45) is 1.28. The van der Waals surface area contributed by atoms with Crippen molar-refractivity contribution in [3.8, 4) is 0 Å². The predicted molar refractivity (Wildman–Crippen MR) is 94.2 cm³/mol. The number of likely N-dealkylation sites (N-methyl/N-ethyl adjacent to an activating group) is 1. The fourth-order valence-corrected chi connectivity index (χ4v) is 2.71. The Hall–Kier alpha value is -1.92. The van der Waals surface area contributed by atoms with Gasteiger partial charge in [-0.25, -0.2) is 0 Å². The van der Waals surface area contributed by atoms with Gasteiger partial charge in [0.05, 0.1) is 0 Å². The van der Waals surface area contributed by atoms with Crippen LogP contribution in [0.3, 0.4) is 0 Å². The van der Waals surface area contributed by atoms with Crippen molar-refractivity contribution in [3.63, 3.8) is 0 Å². The molecule has 1 atom stereocenters. The molecule has 1 aromatic rings. The maximum atomic E-state index is 12.2. The van der Waals surface area contributed by atoms with E-state index in [0.717, 1.165) is 32.5 Å². The number of carbonyl (C=O) groups excluding carboxylic acids is 2. The van der Waals surface area contributed by atoms with Crippen molar-refractivity contribution in [2.75, 3.05) is 38.1 Å². The number of rotatable bonds is 8. The third-order valence-corrected chi connectivity index (χ3v) is 4.22. The number of nitrogens with one attached hydrogen (secondary N) is 2. The van der Waals surface area contributed by atoms with Crippen molar-refractivity contribution < 1.29 is 14.3 Å². The van der Waals surface area contributed by atoms with Crippen LogP contribution in [-0.4, -0.2) is 55.6 Å². The second-order valence-corrected chi connectivity index (χ2v) is 5.85. The summed E-state index contributed by atoms with van der Waals surface area (Å²) in [5.41, 5.74) is 1.16. The molecular weight excluding hydrogens is 306 g/mol. The largest absolute Gasteiger partial charge is 0.368 e. The average Bonchev–Trinajstić information content (AvgIpc) is 3.13. The van der Waals surface area contributed by atoms with Gasteiger partial charge in [0.2, 0.25) is 0 Å². The fraction of sp³-hybridized carbons (Fsp3) is 0.556. The monoisotopic (exact) mass is 333 g/mol. The van der Waals surface area contributed by atoms with E-state index in [1.54, 1.807) is 24.3 Å². The normalized spacial score (nSPS) is 17.0. The van der Waals surface area contributed by atoms with Gasteiger partial charge in [0.15, 0.2) is 0 Å². The number of anilines is 1. The minimum atomic E-state index is -0.378. The van der Waals surface area contributed by atoms with E-state index in [4.69, 9.17) is 4.74 Å². The minimum absolute atomic E-state index is 0.129. The number of nitrogens with zero attached hydrogens (tertiary/aromatic N) is 1. The molecule has 1 aliphatic rings. The number of ether oxygens (including phenoxy) is 1. The summed E-state index contributed by atoms with van der Waals surface area (Å²) in [5.74, 6) is -0.276. The van der Waals surface area contributed by atoms with Crippen LogP contribution in [0.5, 0.6) is 0 Å². The van der Waals surface area contributed by atoms with Crippen molar-refractivity contribution in [1.82, 2.24) is 10.2 Å². The summed E-state index contributed by atoms with van der Waals surface area (Å²) < 4.78 is 5.37. The molecule has 0 aliphatic carbocycles. The van der Waals surface area contributed by atoms with Gasteiger partial charge in [-0.1, -0.05) is 19.9 Å². The first-order valence-electron chi connectivity index (χ1n) is 8.67. The van der Waals surface area contributed by atoms with E-state index in [0.29, 0.717) is 24.4 Å². The van der Waals surface area contributed by atoms with Crippen LogP contribution in [0.4, 0.5) is 5.69 Å². The predicted octanol–water partition coefficient (Wildman–Crippen LogP) is 1.88. The highest BCUT2D eigenvalue weighted by atomic mass is 16.5. The summed E-state index contributed by atoms with van der Waals surface area (Å²) in [7, 11) is 0. The third-order valence-electron chi connectivity index (χ3n) is 4.22. The van der Waals surface area contributed by atoms with Gasteiger partial charge in [-0.2, -0.15) is 0 Å². The molecule has 2 N–H and O–H groups in total. The van der Waals surface area contributed by atoms with Gasteiger partial charge in [-0.05, 0) is 44.1 Å². The van der Waals surface area contributed by atoms with E-state index in [-0.39, 0.29) is 17.9 Å². The topological polar surface area (TPSA) is 70.7 Å². The van der Waals surface area contributed by atoms with Crippen molar-refractivity contribution in [1.29, 1.82) is 0 Å². The molecule has 0 spiro atoms. The van der Waals surface area contributed by atoms with Crippen LogP contribution in [-0.2, 0) is 9.53 Å². The molecule has 2 rings (SSSR count). The summed E-state index contributed by atoms with van der Waals surface area (Å²) in [6, 6.07) is 6.98. The van der Waals surface area contributed by atoms with Gasteiger partial charge in [-0.15, -0.1) is 0 Å². The highest BCUT2D eigenvalue weighted by molar-refractivity contribution is 5.98. The third kappa shape index (κ3) is 5.32. The Morgan fingerprint density at radius 3 is 2.75 bits per heavy atom. The number of benzene rings is 1. The zero-order valence-electron chi connectivity index (χ0n) is 14.5. The molecule has 1 aromatic carbocycles. The van der Waals surface area contributed by atoms with Crippen molar-refractivity contribution in [3.05, 3.63) is 29.8 Å². The quantitative estimate of drug-likeness (QED) is 0.762. The highest BCUT2D eigenvalue weighted by Crippen LogP contribution is 2.16. The van der Waals surface area contributed by atoms with E-state index in [1.165, 1.54) is 0 Å². The molecule has 1 unspecified atom stereocenters. The molecule has 132 valence electrons. The van der Waals surface area contributed by atoms with E-state index in [1.807, 2.05) is 0 Å². The van der Waals surface area contributed by atoms with Gasteiger partial charge >= 0.3 is 0 Å². The van der Waals surface area contributed by atoms with E-state index in [9.17, 15) is 9.59 Å². The fourth-order valence-electron chi connectivity index (χ4n) is 2.71. The lowest BCUT2D eigenvalue weighted by Crippen LogP contribution is -2.34. The average molecular weight is 333 g/mol. The minimum Gasteiger partial charge on any atom is -0.368 e. The lowest BCUT2D eigenvalue weighted by molar-refractivity contribution is -0.124. The Kier molecular flexibility index (Phi) is 7.21. The van der Waals surface area contributed by atoms with Crippen LogP contribution in [0, 0.1) is 0 Å². The Morgan fingerprint density at radius 1 is 1.29 bits per heavy atom.